The molecule has 0 atom stereocenters. The Morgan fingerprint density at radius 3 is 2.69 bits per heavy atom. The Kier molecular flexibility index (Phi) is 4.52. The van der Waals surface area contributed by atoms with E-state index in [4.69, 9.17) is 9.47 Å². The van der Waals surface area contributed by atoms with Gasteiger partial charge in [0.1, 0.15) is 5.01 Å². The van der Waals surface area contributed by atoms with Crippen LogP contribution in [0.15, 0.2) is 48.1 Å². The van der Waals surface area contributed by atoms with Gasteiger partial charge < -0.3 is 14.4 Å². The van der Waals surface area contributed by atoms with Crippen molar-refractivity contribution in [3.8, 4) is 22.1 Å². The van der Waals surface area contributed by atoms with E-state index in [1.807, 2.05) is 29.9 Å². The molecule has 3 heterocycles. The maximum absolute atomic E-state index is 5.49. The van der Waals surface area contributed by atoms with Crippen LogP contribution in [0.25, 0.3) is 21.5 Å². The van der Waals surface area contributed by atoms with Gasteiger partial charge in [-0.1, -0.05) is 12.1 Å². The summed E-state index contributed by atoms with van der Waals surface area (Å²) in [5.41, 5.74) is 5.78. The first kappa shape index (κ1) is 17.9. The second kappa shape index (κ2) is 7.33. The molecular weight excluding hydrogens is 384 g/mol. The lowest BCUT2D eigenvalue weighted by molar-refractivity contribution is 0.355. The van der Waals surface area contributed by atoms with E-state index in [1.54, 1.807) is 25.6 Å². The van der Waals surface area contributed by atoms with Crippen LogP contribution in [0.4, 0.5) is 5.69 Å². The molecule has 1 aliphatic heterocycles. The van der Waals surface area contributed by atoms with E-state index in [9.17, 15) is 0 Å². The van der Waals surface area contributed by atoms with Crippen molar-refractivity contribution in [2.24, 2.45) is 0 Å². The Bertz CT molecular complexity index is 1180. The van der Waals surface area contributed by atoms with Crippen molar-refractivity contribution in [1.29, 1.82) is 0 Å². The predicted octanol–water partition coefficient (Wildman–Crippen LogP) is 4.33. The zero-order chi connectivity index (χ0) is 19.8. The van der Waals surface area contributed by atoms with E-state index in [0.29, 0.717) is 11.5 Å². The fourth-order valence-corrected chi connectivity index (χ4v) is 4.52. The van der Waals surface area contributed by atoms with Gasteiger partial charge in [0.05, 0.1) is 31.6 Å². The van der Waals surface area contributed by atoms with Crippen molar-refractivity contribution in [3.05, 3.63) is 59.2 Å². The molecule has 0 aliphatic carbocycles. The molecule has 0 spiro atoms. The molecule has 0 bridgehead atoms. The molecule has 0 N–H and O–H groups in total. The predicted molar refractivity (Wildman–Crippen MR) is 115 cm³/mol. The first-order valence-corrected chi connectivity index (χ1v) is 10.3. The minimum absolute atomic E-state index is 0.658. The lowest BCUT2D eigenvalue weighted by Gasteiger charge is -2.31. The highest BCUT2D eigenvalue weighted by Gasteiger charge is 2.21. The molecule has 0 fully saturated rings. The van der Waals surface area contributed by atoms with Gasteiger partial charge >= 0.3 is 0 Å². The summed E-state index contributed by atoms with van der Waals surface area (Å²) >= 11 is 1.67. The molecule has 29 heavy (non-hydrogen) atoms. The fraction of sp³-hybridized carbons (Fsp3) is 0.227. The van der Waals surface area contributed by atoms with Gasteiger partial charge in [0.25, 0.3) is 0 Å². The number of thiazole rings is 1. The van der Waals surface area contributed by atoms with Crippen molar-refractivity contribution in [2.75, 3.05) is 25.7 Å². The number of nitrogens with zero attached hydrogens (tertiary/aromatic N) is 4. The van der Waals surface area contributed by atoms with Gasteiger partial charge in [0.2, 0.25) is 0 Å². The summed E-state index contributed by atoms with van der Waals surface area (Å²) in [6.45, 7) is 1.76. The smallest absolute Gasteiger partial charge is 0.162 e. The van der Waals surface area contributed by atoms with E-state index >= 15 is 0 Å². The summed E-state index contributed by atoms with van der Waals surface area (Å²) in [6.07, 6.45) is 4.67. The van der Waals surface area contributed by atoms with Crippen LogP contribution >= 0.6 is 11.3 Å². The van der Waals surface area contributed by atoms with Crippen LogP contribution in [-0.2, 0) is 13.0 Å². The van der Waals surface area contributed by atoms with Crippen molar-refractivity contribution in [1.82, 2.24) is 15.2 Å². The molecule has 2 aromatic heterocycles. The van der Waals surface area contributed by atoms with E-state index in [1.165, 1.54) is 16.7 Å². The highest BCUT2D eigenvalue weighted by molar-refractivity contribution is 7.13. The van der Waals surface area contributed by atoms with Gasteiger partial charge in [0.15, 0.2) is 11.5 Å². The molecule has 0 saturated heterocycles. The molecule has 2 aromatic carbocycles. The molecule has 4 aromatic rings. The monoisotopic (exact) mass is 404 g/mol. The van der Waals surface area contributed by atoms with E-state index in [-0.39, 0.29) is 0 Å². The normalized spacial score (nSPS) is 13.4. The third-order valence-corrected chi connectivity index (χ3v) is 6.18. The van der Waals surface area contributed by atoms with Gasteiger partial charge in [-0.3, -0.25) is 0 Å². The Labute approximate surface area is 172 Å². The largest absolute Gasteiger partial charge is 0.493 e. The lowest BCUT2D eigenvalue weighted by Crippen LogP contribution is -2.30. The number of ether oxygens (including phenoxy) is 2. The van der Waals surface area contributed by atoms with E-state index in [2.05, 4.69) is 38.3 Å². The zero-order valence-electron chi connectivity index (χ0n) is 16.3. The average Bonchev–Trinajstić information content (AvgIpc) is 3.32. The summed E-state index contributed by atoms with van der Waals surface area (Å²) in [6, 6.07) is 10.5. The topological polar surface area (TPSA) is 60.4 Å². The Morgan fingerprint density at radius 2 is 1.90 bits per heavy atom. The molecular formula is C22H20N4O2S. The van der Waals surface area contributed by atoms with Crippen LogP contribution in [0.1, 0.15) is 11.1 Å². The molecule has 7 heteroatoms. The zero-order valence-corrected chi connectivity index (χ0v) is 17.1. The second-order valence-corrected chi connectivity index (χ2v) is 7.84. The SMILES string of the molecule is COc1cc2nncc(N3CCc4cc(-c5nccs5)ccc4C3)c2cc1OC. The second-order valence-electron chi connectivity index (χ2n) is 6.95. The maximum Gasteiger partial charge on any atom is 0.162 e. The highest BCUT2D eigenvalue weighted by atomic mass is 32.1. The number of fused-ring (bicyclic) bond motifs is 2. The summed E-state index contributed by atoms with van der Waals surface area (Å²) in [5.74, 6) is 1.35. The first-order valence-electron chi connectivity index (χ1n) is 9.41. The van der Waals surface area contributed by atoms with Crippen molar-refractivity contribution < 1.29 is 9.47 Å². The quantitative estimate of drug-likeness (QED) is 0.504. The van der Waals surface area contributed by atoms with Gasteiger partial charge in [-0.15, -0.1) is 11.3 Å². The number of benzene rings is 2. The van der Waals surface area contributed by atoms with Crippen LogP contribution in [-0.4, -0.2) is 35.9 Å². The standard InChI is InChI=1S/C22H20N4O2S/c1-27-20-10-17-18(11-21(20)28-2)25-24-12-19(17)26-7-5-14-9-15(3-4-16(14)13-26)22-23-6-8-29-22/h3-4,6,8-12H,5,7,13H2,1-2H3. The van der Waals surface area contributed by atoms with Crippen LogP contribution in [0.3, 0.4) is 0 Å². The maximum atomic E-state index is 5.49. The van der Waals surface area contributed by atoms with Crippen LogP contribution in [0.5, 0.6) is 11.5 Å². The Hall–Kier alpha value is -3.19. The number of anilines is 1. The molecule has 0 amide bonds. The summed E-state index contributed by atoms with van der Waals surface area (Å²) in [7, 11) is 3.28. The molecule has 5 rings (SSSR count). The van der Waals surface area contributed by atoms with Crippen LogP contribution in [0.2, 0.25) is 0 Å². The molecule has 0 unspecified atom stereocenters. The average molecular weight is 404 g/mol. The van der Waals surface area contributed by atoms with E-state index < -0.39 is 0 Å². The molecule has 0 radical (unpaired) electrons. The third kappa shape index (κ3) is 3.17. The van der Waals surface area contributed by atoms with Crippen LogP contribution in [0, 0.1) is 0 Å². The number of aromatic nitrogens is 3. The summed E-state index contributed by atoms with van der Waals surface area (Å²) < 4.78 is 10.9. The van der Waals surface area contributed by atoms with Gasteiger partial charge in [-0.25, -0.2) is 4.98 Å². The van der Waals surface area contributed by atoms with Crippen molar-refractivity contribution in [2.45, 2.75) is 13.0 Å². The minimum Gasteiger partial charge on any atom is -0.493 e. The molecule has 1 aliphatic rings. The number of rotatable bonds is 4. The first-order chi connectivity index (χ1) is 14.3. The van der Waals surface area contributed by atoms with Gasteiger partial charge in [-0.05, 0) is 29.7 Å². The molecule has 146 valence electrons. The van der Waals surface area contributed by atoms with Gasteiger partial charge in [-0.2, -0.15) is 10.2 Å². The number of hydrogen-bond donors (Lipinski definition) is 0. The molecule has 0 saturated carbocycles. The number of methoxy groups -OCH3 is 2. The van der Waals surface area contributed by atoms with Crippen LogP contribution < -0.4 is 14.4 Å². The van der Waals surface area contributed by atoms with E-state index in [0.717, 1.165) is 41.1 Å². The summed E-state index contributed by atoms with van der Waals surface area (Å²) in [5, 5.41) is 12.6. The number of hydrogen-bond acceptors (Lipinski definition) is 7. The Balaban J connectivity index is 1.51. The van der Waals surface area contributed by atoms with Crippen molar-refractivity contribution >= 4 is 27.9 Å². The highest BCUT2D eigenvalue weighted by Crippen LogP contribution is 2.37. The summed E-state index contributed by atoms with van der Waals surface area (Å²) in [4.78, 5) is 6.79. The Morgan fingerprint density at radius 1 is 1.03 bits per heavy atom. The van der Waals surface area contributed by atoms with Gasteiger partial charge in [0, 0.05) is 41.7 Å². The lowest BCUT2D eigenvalue weighted by atomic mass is 9.96. The molecule has 6 nitrogen and oxygen atoms in total. The fourth-order valence-electron chi connectivity index (χ4n) is 3.88. The minimum atomic E-state index is 0.658. The van der Waals surface area contributed by atoms with Crippen molar-refractivity contribution in [3.63, 3.8) is 0 Å². The third-order valence-electron chi connectivity index (χ3n) is 5.36.